The first-order chi connectivity index (χ1) is 35.6. The average molecular weight is 1040 g/mol. The number of primary amides is 1. The molecule has 1 aliphatic heterocycles. The molecule has 9 amide bonds. The lowest BCUT2D eigenvalue weighted by Gasteiger charge is -2.28. The Bertz CT molecular complexity index is 2700. The Kier molecular flexibility index (Phi) is 21.0. The first-order valence-corrected chi connectivity index (χ1v) is 25.1. The molecule has 406 valence electrons. The van der Waals surface area contributed by atoms with Crippen LogP contribution in [0.25, 0.3) is 21.9 Å². The number of alkyl carbamates (subject to hydrolysis) is 1. The molecule has 10 N–H and O–H groups in total. The van der Waals surface area contributed by atoms with Crippen LogP contribution in [0.4, 0.5) is 21.1 Å². The van der Waals surface area contributed by atoms with Crippen LogP contribution in [-0.2, 0) is 62.7 Å². The number of nitrogen functional groups attached to an aromatic ring is 1. The number of para-hydroxylation sites is 1. The number of fused-ring (bicyclic) bond motifs is 3. The first kappa shape index (κ1) is 58.2. The Morgan fingerprint density at radius 2 is 1.52 bits per heavy atom. The van der Waals surface area contributed by atoms with E-state index in [1.165, 1.54) is 12.2 Å². The van der Waals surface area contributed by atoms with Gasteiger partial charge in [0.2, 0.25) is 23.6 Å². The Labute approximate surface area is 436 Å². The third-order valence-corrected chi connectivity index (χ3v) is 12.2. The summed E-state index contributed by atoms with van der Waals surface area (Å²) in [5.41, 5.74) is 12.6. The standard InChI is InChI=1S/C52H72N12O11/c1-8-73-30-38-60-43-44(35-15-11-12-16-36(35)58-45(43)53)64(38)31-51(4,5)75-28-26-55-48(70)52(6,7)62-50(72)74-29-33-19-21-34(22-20-33)57-46(68)37(17-14-25-56-49(54)71)59-47(69)42(32(2)3)61-39(65)18-10-9-13-27-63-40(66)23-24-41(63)67/h11-12,15-16,19-24,32,37,42H,8-10,13-14,17-18,25-31H2,1-7H3,(H2,53,58)(H,55,70)(H,57,68)(H,59,69)(H,61,65)(H,62,72)(H3,54,56,71)/t37-,42-/m0/s1. The molecule has 0 unspecified atom stereocenters. The van der Waals surface area contributed by atoms with E-state index in [9.17, 15) is 38.4 Å². The van der Waals surface area contributed by atoms with Crippen molar-refractivity contribution < 1.29 is 52.6 Å². The van der Waals surface area contributed by atoms with Gasteiger partial charge in [-0.25, -0.2) is 19.6 Å². The smallest absolute Gasteiger partial charge is 0.408 e. The van der Waals surface area contributed by atoms with Crippen molar-refractivity contribution in [1.82, 2.24) is 46.0 Å². The highest BCUT2D eigenvalue weighted by Gasteiger charge is 2.32. The van der Waals surface area contributed by atoms with E-state index in [1.54, 1.807) is 52.0 Å². The predicted molar refractivity (Wildman–Crippen MR) is 280 cm³/mol. The van der Waals surface area contributed by atoms with E-state index >= 15 is 0 Å². The maximum atomic E-state index is 13.6. The number of hydrogen-bond donors (Lipinski definition) is 8. The molecule has 0 aliphatic carbocycles. The highest BCUT2D eigenvalue weighted by Crippen LogP contribution is 2.31. The Morgan fingerprint density at radius 3 is 2.20 bits per heavy atom. The van der Waals surface area contributed by atoms with Gasteiger partial charge < -0.3 is 62.1 Å². The van der Waals surface area contributed by atoms with E-state index in [2.05, 4.69) is 36.9 Å². The molecular formula is C52H72N12O11. The van der Waals surface area contributed by atoms with Crippen molar-refractivity contribution in [2.45, 2.75) is 130 Å². The zero-order valence-electron chi connectivity index (χ0n) is 43.8. The van der Waals surface area contributed by atoms with Gasteiger partial charge in [-0.2, -0.15) is 0 Å². The van der Waals surface area contributed by atoms with Crippen molar-refractivity contribution in [3.8, 4) is 0 Å². The van der Waals surface area contributed by atoms with E-state index in [1.807, 2.05) is 49.6 Å². The molecule has 0 saturated carbocycles. The molecule has 2 aromatic carbocycles. The van der Waals surface area contributed by atoms with Gasteiger partial charge in [0, 0.05) is 55.9 Å². The van der Waals surface area contributed by atoms with Gasteiger partial charge in [0.25, 0.3) is 11.8 Å². The molecule has 0 bridgehead atoms. The summed E-state index contributed by atoms with van der Waals surface area (Å²) in [4.78, 5) is 112. The number of pyridine rings is 1. The molecule has 75 heavy (non-hydrogen) atoms. The molecule has 2 atom stereocenters. The number of imide groups is 1. The summed E-state index contributed by atoms with van der Waals surface area (Å²) < 4.78 is 19.5. The molecule has 0 spiro atoms. The number of unbranched alkanes of at least 4 members (excludes halogenated alkanes) is 2. The zero-order chi connectivity index (χ0) is 54.9. The van der Waals surface area contributed by atoms with Crippen LogP contribution in [0.1, 0.15) is 98.4 Å². The number of carbonyl (C=O) groups excluding carboxylic acids is 8. The first-order valence-electron chi connectivity index (χ1n) is 25.1. The number of amides is 9. The van der Waals surface area contributed by atoms with E-state index in [-0.39, 0.29) is 82.4 Å². The molecule has 23 heteroatoms. The van der Waals surface area contributed by atoms with E-state index in [4.69, 9.17) is 30.7 Å². The average Bonchev–Trinajstić information content (AvgIpc) is 3.88. The molecule has 2 aromatic heterocycles. The van der Waals surface area contributed by atoms with Crippen molar-refractivity contribution in [2.24, 2.45) is 11.7 Å². The van der Waals surface area contributed by atoms with Gasteiger partial charge in [-0.1, -0.05) is 50.6 Å². The highest BCUT2D eigenvalue weighted by molar-refractivity contribution is 6.13. The Hall–Kier alpha value is -7.66. The van der Waals surface area contributed by atoms with Crippen molar-refractivity contribution >= 4 is 81.0 Å². The Morgan fingerprint density at radius 1 is 0.813 bits per heavy atom. The highest BCUT2D eigenvalue weighted by atomic mass is 16.5. The third kappa shape index (κ3) is 17.2. The number of nitrogens with zero attached hydrogens (tertiary/aromatic N) is 4. The molecule has 23 nitrogen and oxygen atoms in total. The molecule has 5 rings (SSSR count). The van der Waals surface area contributed by atoms with Gasteiger partial charge in [0.15, 0.2) is 5.82 Å². The summed E-state index contributed by atoms with van der Waals surface area (Å²) in [5.74, 6) is -2.05. The molecule has 0 fully saturated rings. The van der Waals surface area contributed by atoms with Gasteiger partial charge in [-0.3, -0.25) is 33.7 Å². The number of hydrogen-bond acceptors (Lipinski definition) is 14. The Balaban J connectivity index is 1.07. The van der Waals surface area contributed by atoms with Crippen LogP contribution in [-0.4, -0.2) is 123 Å². The van der Waals surface area contributed by atoms with Gasteiger partial charge in [0.1, 0.15) is 42.2 Å². The monoisotopic (exact) mass is 1040 g/mol. The van der Waals surface area contributed by atoms with Crippen LogP contribution in [0.3, 0.4) is 0 Å². The maximum Gasteiger partial charge on any atom is 0.408 e. The predicted octanol–water partition coefficient (Wildman–Crippen LogP) is 3.82. The summed E-state index contributed by atoms with van der Waals surface area (Å²) in [6.07, 6.45) is 3.66. The molecule has 0 radical (unpaired) electrons. The summed E-state index contributed by atoms with van der Waals surface area (Å²) >= 11 is 0. The quantitative estimate of drug-likeness (QED) is 0.0283. The van der Waals surface area contributed by atoms with Crippen LogP contribution < -0.4 is 43.4 Å². The van der Waals surface area contributed by atoms with E-state index in [0.29, 0.717) is 60.8 Å². The van der Waals surface area contributed by atoms with Crippen molar-refractivity contribution in [1.29, 1.82) is 0 Å². The number of rotatable bonds is 29. The number of benzene rings is 2. The van der Waals surface area contributed by atoms with Crippen molar-refractivity contribution in [2.75, 3.05) is 43.9 Å². The fourth-order valence-corrected chi connectivity index (χ4v) is 8.14. The van der Waals surface area contributed by atoms with Crippen molar-refractivity contribution in [3.05, 3.63) is 72.1 Å². The molecular weight excluding hydrogens is 969 g/mol. The second-order valence-electron chi connectivity index (χ2n) is 19.6. The number of nitrogens with two attached hydrogens (primary N) is 2. The van der Waals surface area contributed by atoms with Gasteiger partial charge in [-0.15, -0.1) is 0 Å². The van der Waals surface area contributed by atoms with Crippen LogP contribution in [0.5, 0.6) is 0 Å². The van der Waals surface area contributed by atoms with Crippen LogP contribution >= 0.6 is 0 Å². The number of imidazole rings is 1. The van der Waals surface area contributed by atoms with Crippen molar-refractivity contribution in [3.63, 3.8) is 0 Å². The lowest BCUT2D eigenvalue weighted by molar-refractivity contribution is -0.137. The summed E-state index contributed by atoms with van der Waals surface area (Å²) in [7, 11) is 0. The third-order valence-electron chi connectivity index (χ3n) is 12.2. The minimum atomic E-state index is -1.36. The van der Waals surface area contributed by atoms with E-state index < -0.39 is 53.1 Å². The fraction of sp³-hybridized carbons (Fsp3) is 0.500. The number of ether oxygens (including phenoxy) is 3. The number of urea groups is 1. The van der Waals surface area contributed by atoms with Crippen LogP contribution in [0.15, 0.2) is 60.7 Å². The minimum Gasteiger partial charge on any atom is -0.445 e. The van der Waals surface area contributed by atoms with Crippen LogP contribution in [0, 0.1) is 5.92 Å². The SMILES string of the molecule is CCOCc1nc2c(N)nc3ccccc3c2n1CC(C)(C)OCCNC(=O)C(C)(C)NC(=O)OCc1ccc(NC(=O)[C@H](CCCNC(N)=O)NC(=O)[C@@H](NC(=O)CCCCCN2C(=O)C=CC2=O)C(C)C)cc1. The lowest BCUT2D eigenvalue weighted by atomic mass is 10.0. The number of anilines is 2. The summed E-state index contributed by atoms with van der Waals surface area (Å²) in [6, 6.07) is 11.3. The topological polar surface area (TPSA) is 322 Å². The van der Waals surface area contributed by atoms with Gasteiger partial charge in [-0.05, 0) is 90.0 Å². The fourth-order valence-electron chi connectivity index (χ4n) is 8.14. The van der Waals surface area contributed by atoms with Gasteiger partial charge >= 0.3 is 12.1 Å². The second-order valence-corrected chi connectivity index (χ2v) is 19.6. The molecule has 0 saturated heterocycles. The summed E-state index contributed by atoms with van der Waals surface area (Å²) in [5, 5.41) is 17.1. The number of carbonyl (C=O) groups is 8. The summed E-state index contributed by atoms with van der Waals surface area (Å²) in [6.45, 7) is 14.1. The van der Waals surface area contributed by atoms with Crippen LogP contribution in [0.2, 0.25) is 0 Å². The minimum absolute atomic E-state index is 0.107. The molecule has 3 heterocycles. The normalized spacial score (nSPS) is 13.5. The van der Waals surface area contributed by atoms with E-state index in [0.717, 1.165) is 21.3 Å². The second kappa shape index (κ2) is 27.0. The molecule has 1 aliphatic rings. The molecule has 4 aromatic rings. The maximum absolute atomic E-state index is 13.6. The lowest BCUT2D eigenvalue weighted by Crippen LogP contribution is -2.55. The number of nitrogens with one attached hydrogen (secondary N) is 6. The largest absolute Gasteiger partial charge is 0.445 e. The van der Waals surface area contributed by atoms with Gasteiger partial charge in [0.05, 0.1) is 29.8 Å². The number of aromatic nitrogens is 3. The zero-order valence-corrected chi connectivity index (χ0v) is 43.8.